The van der Waals surface area contributed by atoms with Crippen molar-refractivity contribution in [1.29, 1.82) is 0 Å². The number of benzene rings is 2. The smallest absolute Gasteiger partial charge is 0.312 e. The maximum atomic E-state index is 13.4. The van der Waals surface area contributed by atoms with Gasteiger partial charge in [0.15, 0.2) is 5.82 Å². The van der Waals surface area contributed by atoms with Crippen LogP contribution in [0, 0.1) is 23.6 Å². The number of hydrogen-bond acceptors (Lipinski definition) is 6. The Balaban J connectivity index is 1.26. The molecule has 0 bridgehead atoms. The van der Waals surface area contributed by atoms with Gasteiger partial charge in [-0.25, -0.2) is 19.2 Å². The van der Waals surface area contributed by atoms with Crippen molar-refractivity contribution in [2.24, 2.45) is 11.7 Å². The summed E-state index contributed by atoms with van der Waals surface area (Å²) in [5, 5.41) is 6.56. The molecule has 2 aromatic carbocycles. The van der Waals surface area contributed by atoms with E-state index in [1.807, 2.05) is 12.1 Å². The number of nitrogens with zero attached hydrogens (tertiary/aromatic N) is 2. The van der Waals surface area contributed by atoms with E-state index < -0.39 is 6.03 Å². The fourth-order valence-corrected chi connectivity index (χ4v) is 5.71. The summed E-state index contributed by atoms with van der Waals surface area (Å²) >= 11 is 7.96. The number of thiophene rings is 1. The van der Waals surface area contributed by atoms with Crippen LogP contribution in [0.4, 0.5) is 20.7 Å². The molecule has 10 heteroatoms. The number of anilines is 2. The molecule has 2 amide bonds. The molecule has 2 aromatic heterocycles. The van der Waals surface area contributed by atoms with Crippen molar-refractivity contribution >= 4 is 50.7 Å². The summed E-state index contributed by atoms with van der Waals surface area (Å²) in [4.78, 5) is 20.9. The van der Waals surface area contributed by atoms with Gasteiger partial charge >= 0.3 is 6.03 Å². The van der Waals surface area contributed by atoms with Crippen molar-refractivity contribution in [2.45, 2.75) is 38.3 Å². The standard InChI is InChI=1S/C28H25ClFN5O2S/c29-22-13-20(10-11-25(22)37-15-17-4-1-7-19(30)12-17)34-27-26-24(32-16-33-27)14-21(38-26)8-2-5-18-6-3-9-23(18)35-28(31)36/h1,4,7,10-14,16,18,23H,3,5-6,9,15H2,(H3,31,35,36)(H,32,33,34). The van der Waals surface area contributed by atoms with E-state index in [0.29, 0.717) is 34.5 Å². The number of primary amides is 1. The van der Waals surface area contributed by atoms with Gasteiger partial charge in [-0.1, -0.05) is 42.0 Å². The molecule has 1 saturated carbocycles. The zero-order valence-electron chi connectivity index (χ0n) is 20.3. The molecule has 0 spiro atoms. The lowest BCUT2D eigenvalue weighted by molar-refractivity contribution is 0.242. The van der Waals surface area contributed by atoms with Crippen molar-refractivity contribution in [3.63, 3.8) is 0 Å². The summed E-state index contributed by atoms with van der Waals surface area (Å²) in [6.45, 7) is 0.207. The minimum atomic E-state index is -0.481. The van der Waals surface area contributed by atoms with Crippen LogP contribution < -0.4 is 21.1 Å². The molecule has 7 nitrogen and oxygen atoms in total. The van der Waals surface area contributed by atoms with Crippen molar-refractivity contribution in [1.82, 2.24) is 15.3 Å². The van der Waals surface area contributed by atoms with E-state index in [-0.39, 0.29) is 18.5 Å². The number of nitrogens with one attached hydrogen (secondary N) is 2. The van der Waals surface area contributed by atoms with Crippen molar-refractivity contribution < 1.29 is 13.9 Å². The monoisotopic (exact) mass is 549 g/mol. The minimum Gasteiger partial charge on any atom is -0.487 e. The summed E-state index contributed by atoms with van der Waals surface area (Å²) in [7, 11) is 0. The van der Waals surface area contributed by atoms with Gasteiger partial charge in [0, 0.05) is 18.2 Å². The number of amides is 2. The average molecular weight is 550 g/mol. The first kappa shape index (κ1) is 25.8. The van der Waals surface area contributed by atoms with E-state index in [0.717, 1.165) is 40.0 Å². The van der Waals surface area contributed by atoms with E-state index in [1.165, 1.54) is 29.8 Å². The summed E-state index contributed by atoms with van der Waals surface area (Å²) in [6, 6.07) is 13.2. The van der Waals surface area contributed by atoms with E-state index >= 15 is 0 Å². The summed E-state index contributed by atoms with van der Waals surface area (Å²) < 4.78 is 20.0. The third kappa shape index (κ3) is 6.33. The molecular weight excluding hydrogens is 525 g/mol. The normalized spacial score (nSPS) is 16.6. The van der Waals surface area contributed by atoms with Crippen LogP contribution in [0.1, 0.15) is 36.1 Å². The largest absolute Gasteiger partial charge is 0.487 e. The Morgan fingerprint density at radius 2 is 2.11 bits per heavy atom. The molecular formula is C28H25ClFN5O2S. The molecule has 4 N–H and O–H groups in total. The molecule has 38 heavy (non-hydrogen) atoms. The zero-order chi connectivity index (χ0) is 26.5. The van der Waals surface area contributed by atoms with Crippen molar-refractivity contribution in [3.8, 4) is 17.6 Å². The predicted molar refractivity (Wildman–Crippen MR) is 148 cm³/mol. The number of halogens is 2. The molecule has 0 aliphatic heterocycles. The van der Waals surface area contributed by atoms with Gasteiger partial charge in [0.05, 0.1) is 20.1 Å². The Hall–Kier alpha value is -3.87. The van der Waals surface area contributed by atoms with E-state index in [9.17, 15) is 9.18 Å². The second-order valence-corrected chi connectivity index (χ2v) is 10.5. The number of ether oxygens (including phenoxy) is 1. The molecule has 194 valence electrons. The van der Waals surface area contributed by atoms with Crippen LogP contribution >= 0.6 is 22.9 Å². The van der Waals surface area contributed by atoms with Crippen LogP contribution in [0.3, 0.4) is 0 Å². The highest BCUT2D eigenvalue weighted by Crippen LogP contribution is 2.34. The quantitative estimate of drug-likeness (QED) is 0.232. The van der Waals surface area contributed by atoms with Crippen LogP contribution in [0.15, 0.2) is 54.9 Å². The molecule has 1 aliphatic rings. The lowest BCUT2D eigenvalue weighted by Gasteiger charge is -2.17. The van der Waals surface area contributed by atoms with Gasteiger partial charge in [0.1, 0.15) is 24.5 Å². The molecule has 0 saturated heterocycles. The third-order valence-corrected chi connectivity index (χ3v) is 7.69. The maximum Gasteiger partial charge on any atom is 0.312 e. The number of rotatable bonds is 7. The van der Waals surface area contributed by atoms with Crippen molar-refractivity contribution in [3.05, 3.63) is 76.1 Å². The molecule has 0 radical (unpaired) electrons. The Kier molecular flexibility index (Phi) is 7.91. The Morgan fingerprint density at radius 3 is 2.92 bits per heavy atom. The topological polar surface area (TPSA) is 102 Å². The number of fused-ring (bicyclic) bond motifs is 1. The second-order valence-electron chi connectivity index (χ2n) is 9.05. The van der Waals surface area contributed by atoms with Crippen LogP contribution in [-0.4, -0.2) is 22.0 Å². The number of aromatic nitrogens is 2. The van der Waals surface area contributed by atoms with Crippen LogP contribution in [0.2, 0.25) is 5.02 Å². The molecule has 5 rings (SSSR count). The summed E-state index contributed by atoms with van der Waals surface area (Å²) in [5.41, 5.74) is 7.55. The molecule has 4 aromatic rings. The third-order valence-electron chi connectivity index (χ3n) is 6.35. The lowest BCUT2D eigenvalue weighted by Crippen LogP contribution is -2.40. The Morgan fingerprint density at radius 1 is 1.21 bits per heavy atom. The van der Waals surface area contributed by atoms with Gasteiger partial charge < -0.3 is 21.1 Å². The molecule has 1 fully saturated rings. The predicted octanol–water partition coefficient (Wildman–Crippen LogP) is 6.39. The number of nitrogens with two attached hydrogens (primary N) is 1. The fourth-order valence-electron chi connectivity index (χ4n) is 4.55. The van der Waals surface area contributed by atoms with Gasteiger partial charge in [-0.3, -0.25) is 0 Å². The van der Waals surface area contributed by atoms with E-state index in [1.54, 1.807) is 24.3 Å². The number of carbonyl (C=O) groups excluding carboxylic acids is 1. The van der Waals surface area contributed by atoms with Crippen LogP contribution in [-0.2, 0) is 6.61 Å². The van der Waals surface area contributed by atoms with Gasteiger partial charge in [0.25, 0.3) is 0 Å². The highest BCUT2D eigenvalue weighted by Gasteiger charge is 2.27. The van der Waals surface area contributed by atoms with Crippen LogP contribution in [0.25, 0.3) is 10.2 Å². The Bertz CT molecular complexity index is 1530. The van der Waals surface area contributed by atoms with E-state index in [2.05, 4.69) is 32.4 Å². The lowest BCUT2D eigenvalue weighted by atomic mass is 10.00. The van der Waals surface area contributed by atoms with Gasteiger partial charge in [-0.05, 0) is 60.7 Å². The number of hydrogen-bond donors (Lipinski definition) is 3. The SMILES string of the molecule is NC(=O)NC1CCCC1CC#Cc1cc2ncnc(Nc3ccc(OCc4cccc(F)c4)c(Cl)c3)c2s1. The van der Waals surface area contributed by atoms with Gasteiger partial charge in [-0.15, -0.1) is 11.3 Å². The fraction of sp³-hybridized carbons (Fsp3) is 0.250. The summed E-state index contributed by atoms with van der Waals surface area (Å²) in [6.07, 6.45) is 5.23. The molecule has 2 heterocycles. The van der Waals surface area contributed by atoms with Crippen LogP contribution in [0.5, 0.6) is 5.75 Å². The summed E-state index contributed by atoms with van der Waals surface area (Å²) in [5.74, 6) is 7.66. The first-order valence-electron chi connectivity index (χ1n) is 12.2. The van der Waals surface area contributed by atoms with Gasteiger partial charge in [0.2, 0.25) is 0 Å². The van der Waals surface area contributed by atoms with Crippen molar-refractivity contribution in [2.75, 3.05) is 5.32 Å². The second kappa shape index (κ2) is 11.7. The number of urea groups is 1. The average Bonchev–Trinajstić information content (AvgIpc) is 3.50. The molecule has 2 atom stereocenters. The highest BCUT2D eigenvalue weighted by atomic mass is 35.5. The van der Waals surface area contributed by atoms with E-state index in [4.69, 9.17) is 22.1 Å². The molecule has 2 unspecified atom stereocenters. The zero-order valence-corrected chi connectivity index (χ0v) is 21.9. The first-order valence-corrected chi connectivity index (χ1v) is 13.4. The number of carbonyl (C=O) groups is 1. The van der Waals surface area contributed by atoms with Gasteiger partial charge in [-0.2, -0.15) is 0 Å². The minimum absolute atomic E-state index is 0.0934. The first-order chi connectivity index (χ1) is 18.4. The highest BCUT2D eigenvalue weighted by molar-refractivity contribution is 7.20. The Labute approximate surface area is 228 Å². The maximum absolute atomic E-state index is 13.4. The molecule has 1 aliphatic carbocycles.